The lowest BCUT2D eigenvalue weighted by molar-refractivity contribution is -0.124. The van der Waals surface area contributed by atoms with Crippen molar-refractivity contribution in [3.63, 3.8) is 0 Å². The van der Waals surface area contributed by atoms with Gasteiger partial charge in [0, 0.05) is 6.54 Å². The Morgan fingerprint density at radius 3 is 2.62 bits per heavy atom. The number of carbonyl (C=O) groups excluding carboxylic acids is 1. The molecule has 1 saturated carbocycles. The Morgan fingerprint density at radius 2 is 2.23 bits per heavy atom. The molecular weight excluding hydrogens is 164 g/mol. The average molecular weight is 180 g/mol. The summed E-state index contributed by atoms with van der Waals surface area (Å²) < 4.78 is 0. The number of nitrogens with one attached hydrogen (secondary N) is 1. The summed E-state index contributed by atoms with van der Waals surface area (Å²) in [5.74, 6) is 0.521. The van der Waals surface area contributed by atoms with Gasteiger partial charge < -0.3 is 5.32 Å². The van der Waals surface area contributed by atoms with E-state index in [2.05, 4.69) is 25.2 Å². The van der Waals surface area contributed by atoms with Crippen LogP contribution in [0.4, 0.5) is 0 Å². The molecule has 0 aromatic carbocycles. The van der Waals surface area contributed by atoms with Crippen molar-refractivity contribution in [3.8, 4) is 6.07 Å². The zero-order chi connectivity index (χ0) is 9.90. The van der Waals surface area contributed by atoms with Gasteiger partial charge in [0.15, 0.2) is 0 Å². The van der Waals surface area contributed by atoms with E-state index in [0.29, 0.717) is 12.5 Å². The SMILES string of the molecule is CC(C)CCNC(=O)C1(C#N)CC1. The van der Waals surface area contributed by atoms with Gasteiger partial charge in [0.25, 0.3) is 0 Å². The lowest BCUT2D eigenvalue weighted by Crippen LogP contribution is -2.32. The Labute approximate surface area is 79.1 Å². The van der Waals surface area contributed by atoms with Crippen LogP contribution in [0.1, 0.15) is 33.1 Å². The molecule has 1 amide bonds. The van der Waals surface area contributed by atoms with E-state index in [1.54, 1.807) is 0 Å². The van der Waals surface area contributed by atoms with E-state index >= 15 is 0 Å². The Bertz CT molecular complexity index is 236. The predicted octanol–water partition coefficient (Wildman–Crippen LogP) is 1.45. The topological polar surface area (TPSA) is 52.9 Å². The first-order valence-electron chi connectivity index (χ1n) is 4.80. The lowest BCUT2D eigenvalue weighted by atomic mass is 10.1. The van der Waals surface area contributed by atoms with Crippen molar-refractivity contribution in [1.29, 1.82) is 5.26 Å². The van der Waals surface area contributed by atoms with Gasteiger partial charge in [-0.2, -0.15) is 5.26 Å². The van der Waals surface area contributed by atoms with E-state index in [4.69, 9.17) is 5.26 Å². The van der Waals surface area contributed by atoms with Gasteiger partial charge in [0.2, 0.25) is 5.91 Å². The van der Waals surface area contributed by atoms with Crippen LogP contribution in [0.5, 0.6) is 0 Å². The molecule has 0 saturated heterocycles. The van der Waals surface area contributed by atoms with Gasteiger partial charge in [0.05, 0.1) is 6.07 Å². The zero-order valence-electron chi connectivity index (χ0n) is 8.26. The third kappa shape index (κ3) is 2.45. The van der Waals surface area contributed by atoms with Crippen molar-refractivity contribution in [2.45, 2.75) is 33.1 Å². The number of nitrogens with zero attached hydrogens (tertiary/aromatic N) is 1. The maximum absolute atomic E-state index is 11.4. The number of hydrogen-bond acceptors (Lipinski definition) is 2. The molecule has 0 unspecified atom stereocenters. The highest BCUT2D eigenvalue weighted by molar-refractivity contribution is 5.88. The van der Waals surface area contributed by atoms with Crippen molar-refractivity contribution in [2.75, 3.05) is 6.54 Å². The van der Waals surface area contributed by atoms with E-state index in [1.165, 1.54) is 0 Å². The van der Waals surface area contributed by atoms with Crippen LogP contribution in [0.3, 0.4) is 0 Å². The Morgan fingerprint density at radius 1 is 1.62 bits per heavy atom. The van der Waals surface area contributed by atoms with Gasteiger partial charge >= 0.3 is 0 Å². The summed E-state index contributed by atoms with van der Waals surface area (Å²) in [5.41, 5.74) is -0.656. The molecular formula is C10H16N2O. The predicted molar refractivity (Wildman–Crippen MR) is 49.7 cm³/mol. The van der Waals surface area contributed by atoms with Crippen LogP contribution in [-0.4, -0.2) is 12.5 Å². The molecule has 0 aromatic heterocycles. The van der Waals surface area contributed by atoms with Gasteiger partial charge in [-0.25, -0.2) is 0 Å². The largest absolute Gasteiger partial charge is 0.355 e. The van der Waals surface area contributed by atoms with E-state index in [9.17, 15) is 4.79 Å². The molecule has 13 heavy (non-hydrogen) atoms. The monoisotopic (exact) mass is 180 g/mol. The van der Waals surface area contributed by atoms with Crippen molar-refractivity contribution >= 4 is 5.91 Å². The fourth-order valence-corrected chi connectivity index (χ4v) is 1.16. The standard InChI is InChI=1S/C10H16N2O/c1-8(2)3-6-12-9(13)10(7-11)4-5-10/h8H,3-6H2,1-2H3,(H,12,13). The Balaban J connectivity index is 2.23. The average Bonchev–Trinajstić information content (AvgIpc) is 2.83. The van der Waals surface area contributed by atoms with Crippen molar-refractivity contribution in [2.24, 2.45) is 11.3 Å². The minimum Gasteiger partial charge on any atom is -0.355 e. The molecule has 0 radical (unpaired) electrons. The van der Waals surface area contributed by atoms with E-state index in [0.717, 1.165) is 19.3 Å². The summed E-state index contributed by atoms with van der Waals surface area (Å²) in [5, 5.41) is 11.5. The van der Waals surface area contributed by atoms with Crippen LogP contribution >= 0.6 is 0 Å². The first kappa shape index (κ1) is 10.0. The van der Waals surface area contributed by atoms with Crippen LogP contribution < -0.4 is 5.32 Å². The number of hydrogen-bond donors (Lipinski definition) is 1. The normalized spacial score (nSPS) is 18.0. The van der Waals surface area contributed by atoms with Gasteiger partial charge in [0.1, 0.15) is 5.41 Å². The van der Waals surface area contributed by atoms with Crippen molar-refractivity contribution < 1.29 is 4.79 Å². The summed E-state index contributed by atoms with van der Waals surface area (Å²) in [6.45, 7) is 4.92. The second kappa shape index (κ2) is 3.78. The second-order valence-electron chi connectivity index (χ2n) is 4.13. The number of amides is 1. The zero-order valence-corrected chi connectivity index (χ0v) is 8.26. The maximum Gasteiger partial charge on any atom is 0.240 e. The molecule has 0 bridgehead atoms. The molecule has 0 aromatic rings. The molecule has 72 valence electrons. The molecule has 1 aliphatic carbocycles. The van der Waals surface area contributed by atoms with Crippen LogP contribution in [-0.2, 0) is 4.79 Å². The number of nitriles is 1. The number of rotatable bonds is 4. The molecule has 0 aliphatic heterocycles. The highest BCUT2D eigenvalue weighted by atomic mass is 16.2. The molecule has 0 heterocycles. The first-order valence-corrected chi connectivity index (χ1v) is 4.80. The first-order chi connectivity index (χ1) is 6.10. The maximum atomic E-state index is 11.4. The molecule has 3 nitrogen and oxygen atoms in total. The van der Waals surface area contributed by atoms with E-state index < -0.39 is 5.41 Å². The van der Waals surface area contributed by atoms with Gasteiger partial charge in [-0.15, -0.1) is 0 Å². The van der Waals surface area contributed by atoms with E-state index in [-0.39, 0.29) is 5.91 Å². The summed E-state index contributed by atoms with van der Waals surface area (Å²) in [7, 11) is 0. The Hall–Kier alpha value is -1.04. The molecule has 0 atom stereocenters. The summed E-state index contributed by atoms with van der Waals surface area (Å²) >= 11 is 0. The number of carbonyl (C=O) groups is 1. The van der Waals surface area contributed by atoms with E-state index in [1.807, 2.05) is 0 Å². The summed E-state index contributed by atoms with van der Waals surface area (Å²) in [4.78, 5) is 11.4. The fourth-order valence-electron chi connectivity index (χ4n) is 1.16. The highest BCUT2D eigenvalue weighted by Crippen LogP contribution is 2.44. The molecule has 1 N–H and O–H groups in total. The fraction of sp³-hybridized carbons (Fsp3) is 0.800. The molecule has 0 spiro atoms. The third-order valence-corrected chi connectivity index (χ3v) is 2.41. The van der Waals surface area contributed by atoms with Crippen LogP contribution in [0.2, 0.25) is 0 Å². The summed E-state index contributed by atoms with van der Waals surface area (Å²) in [6.07, 6.45) is 2.45. The lowest BCUT2D eigenvalue weighted by Gasteiger charge is -2.09. The van der Waals surface area contributed by atoms with Gasteiger partial charge in [-0.05, 0) is 25.2 Å². The second-order valence-corrected chi connectivity index (χ2v) is 4.13. The molecule has 1 aliphatic rings. The quantitative estimate of drug-likeness (QED) is 0.712. The van der Waals surface area contributed by atoms with Crippen LogP contribution in [0.25, 0.3) is 0 Å². The van der Waals surface area contributed by atoms with Crippen LogP contribution in [0.15, 0.2) is 0 Å². The highest BCUT2D eigenvalue weighted by Gasteiger charge is 2.50. The van der Waals surface area contributed by atoms with Gasteiger partial charge in [-0.3, -0.25) is 4.79 Å². The molecule has 3 heteroatoms. The molecule has 1 fully saturated rings. The van der Waals surface area contributed by atoms with Gasteiger partial charge in [-0.1, -0.05) is 13.8 Å². The minimum absolute atomic E-state index is 0.0735. The van der Waals surface area contributed by atoms with Crippen molar-refractivity contribution in [1.82, 2.24) is 5.32 Å². The minimum atomic E-state index is -0.656. The molecule has 1 rings (SSSR count). The Kier molecular flexibility index (Phi) is 2.92. The van der Waals surface area contributed by atoms with Crippen LogP contribution in [0, 0.1) is 22.7 Å². The smallest absolute Gasteiger partial charge is 0.240 e. The third-order valence-electron chi connectivity index (χ3n) is 2.41. The van der Waals surface area contributed by atoms with Crippen molar-refractivity contribution in [3.05, 3.63) is 0 Å². The summed E-state index contributed by atoms with van der Waals surface area (Å²) in [6, 6.07) is 2.08.